The normalized spacial score (nSPS) is 21.4. The molecule has 35 heavy (non-hydrogen) atoms. The minimum atomic E-state index is -0.931. The molecule has 1 saturated heterocycles. The van der Waals surface area contributed by atoms with Gasteiger partial charge in [0.1, 0.15) is 6.61 Å². The highest BCUT2D eigenvalue weighted by Gasteiger charge is 2.48. The van der Waals surface area contributed by atoms with E-state index >= 15 is 0 Å². The average molecular weight is 479 g/mol. The van der Waals surface area contributed by atoms with Crippen LogP contribution < -0.4 is 5.32 Å². The van der Waals surface area contributed by atoms with Crippen LogP contribution in [0.2, 0.25) is 0 Å². The fourth-order valence-electron chi connectivity index (χ4n) is 5.16. The van der Waals surface area contributed by atoms with Gasteiger partial charge in [-0.05, 0) is 40.5 Å². The number of carbonyl (C=O) groups is 3. The number of carbonyl (C=O) groups excluding carboxylic acids is 2. The van der Waals surface area contributed by atoms with Crippen molar-refractivity contribution in [3.8, 4) is 11.1 Å². The number of hydrogen-bond acceptors (Lipinski definition) is 4. The Morgan fingerprint density at radius 2 is 1.66 bits per heavy atom. The highest BCUT2D eigenvalue weighted by molar-refractivity contribution is 5.81. The third kappa shape index (κ3) is 4.90. The number of fused-ring (bicyclic) bond motifs is 3. The van der Waals surface area contributed by atoms with Crippen molar-refractivity contribution in [2.75, 3.05) is 26.2 Å². The molecule has 1 aliphatic carbocycles. The molecule has 2 aromatic rings. The van der Waals surface area contributed by atoms with Gasteiger partial charge in [-0.2, -0.15) is 0 Å². The van der Waals surface area contributed by atoms with Gasteiger partial charge in [0.25, 0.3) is 0 Å². The molecule has 0 radical (unpaired) electrons. The fraction of sp³-hybridized carbons (Fsp3) is 0.464. The lowest BCUT2D eigenvalue weighted by atomic mass is 9.81. The van der Waals surface area contributed by atoms with Crippen molar-refractivity contribution in [3.05, 3.63) is 59.7 Å². The third-order valence-corrected chi connectivity index (χ3v) is 7.63. The van der Waals surface area contributed by atoms with Crippen LogP contribution in [0.25, 0.3) is 11.1 Å². The van der Waals surface area contributed by atoms with Crippen molar-refractivity contribution < 1.29 is 24.2 Å². The van der Waals surface area contributed by atoms with Gasteiger partial charge in [-0.25, -0.2) is 4.79 Å². The van der Waals surface area contributed by atoms with Gasteiger partial charge in [-0.1, -0.05) is 69.3 Å². The molecular formula is C28H34N2O5. The smallest absolute Gasteiger partial charge is 0.407 e. The molecule has 2 aliphatic rings. The number of ether oxygens (including phenoxy) is 1. The van der Waals surface area contributed by atoms with E-state index in [-0.39, 0.29) is 43.9 Å². The van der Waals surface area contributed by atoms with Crippen LogP contribution in [0.5, 0.6) is 0 Å². The largest absolute Gasteiger partial charge is 0.481 e. The molecule has 7 heteroatoms. The van der Waals surface area contributed by atoms with E-state index in [9.17, 15) is 19.5 Å². The summed E-state index contributed by atoms with van der Waals surface area (Å²) < 4.78 is 5.60. The molecule has 1 fully saturated rings. The molecule has 2 N–H and O–H groups in total. The predicted molar refractivity (Wildman–Crippen MR) is 133 cm³/mol. The van der Waals surface area contributed by atoms with Crippen LogP contribution >= 0.6 is 0 Å². The first kappa shape index (κ1) is 24.8. The Morgan fingerprint density at radius 1 is 1.09 bits per heavy atom. The van der Waals surface area contributed by atoms with E-state index < -0.39 is 22.9 Å². The maximum atomic E-state index is 12.9. The van der Waals surface area contributed by atoms with Crippen molar-refractivity contribution in [3.63, 3.8) is 0 Å². The topological polar surface area (TPSA) is 95.9 Å². The molecule has 1 heterocycles. The number of alkyl carbamates (subject to hydrolysis) is 1. The van der Waals surface area contributed by atoms with Crippen molar-refractivity contribution >= 4 is 18.0 Å². The fourth-order valence-corrected chi connectivity index (χ4v) is 5.16. The molecule has 1 aliphatic heterocycles. The highest BCUT2D eigenvalue weighted by atomic mass is 16.5. The number of carboxylic acids is 1. The predicted octanol–water partition coefficient (Wildman–Crippen LogP) is 4.51. The van der Waals surface area contributed by atoms with E-state index in [1.54, 1.807) is 11.8 Å². The second-order valence-electron chi connectivity index (χ2n) is 10.9. The number of hydrogen-bond donors (Lipinski definition) is 2. The minimum Gasteiger partial charge on any atom is -0.481 e. The molecule has 2 aromatic carbocycles. The van der Waals surface area contributed by atoms with Crippen LogP contribution in [0.15, 0.2) is 48.5 Å². The molecule has 0 saturated carbocycles. The zero-order chi connectivity index (χ0) is 25.4. The summed E-state index contributed by atoms with van der Waals surface area (Å²) in [5.74, 6) is -1.10. The summed E-state index contributed by atoms with van der Waals surface area (Å²) >= 11 is 0. The minimum absolute atomic E-state index is 0.0107. The lowest BCUT2D eigenvalue weighted by molar-refractivity contribution is -0.149. The molecule has 186 valence electrons. The lowest BCUT2D eigenvalue weighted by Crippen LogP contribution is -2.40. The molecular weight excluding hydrogens is 444 g/mol. The molecule has 0 aromatic heterocycles. The van der Waals surface area contributed by atoms with Gasteiger partial charge in [0.15, 0.2) is 0 Å². The number of benzene rings is 2. The number of nitrogens with one attached hydrogen (secondary N) is 1. The van der Waals surface area contributed by atoms with E-state index in [0.29, 0.717) is 6.54 Å². The molecule has 0 spiro atoms. The lowest BCUT2D eigenvalue weighted by Gasteiger charge is -2.28. The standard InChI is InChI=1S/C28H34N2O5/c1-18-14-30(17-28(18,4)25(32)33)24(31)13-27(2,3)16-29-26(34)35-15-23-21-11-7-5-9-19(21)20-10-6-8-12-22(20)23/h5-12,18,23H,13-17H2,1-4H3,(H,29,34)(H,32,33)/t18-,28-/m1/s1. The summed E-state index contributed by atoms with van der Waals surface area (Å²) in [5.41, 5.74) is 3.22. The molecule has 4 rings (SSSR count). The van der Waals surface area contributed by atoms with E-state index in [4.69, 9.17) is 4.74 Å². The van der Waals surface area contributed by atoms with Crippen LogP contribution in [-0.2, 0) is 14.3 Å². The first-order valence-electron chi connectivity index (χ1n) is 12.1. The van der Waals surface area contributed by atoms with Crippen LogP contribution in [0.1, 0.15) is 51.2 Å². The number of carboxylic acid groups (broad SMARTS) is 1. The summed E-state index contributed by atoms with van der Waals surface area (Å²) in [7, 11) is 0. The quantitative estimate of drug-likeness (QED) is 0.610. The van der Waals surface area contributed by atoms with Gasteiger partial charge >= 0.3 is 12.1 Å². The first-order valence-corrected chi connectivity index (χ1v) is 12.1. The van der Waals surface area contributed by atoms with Crippen molar-refractivity contribution in [2.45, 2.75) is 40.0 Å². The van der Waals surface area contributed by atoms with E-state index in [1.165, 1.54) is 11.1 Å². The molecule has 7 nitrogen and oxygen atoms in total. The zero-order valence-corrected chi connectivity index (χ0v) is 20.8. The van der Waals surface area contributed by atoms with Crippen molar-refractivity contribution in [1.29, 1.82) is 0 Å². The summed E-state index contributed by atoms with van der Waals surface area (Å²) in [6, 6.07) is 16.4. The van der Waals surface area contributed by atoms with Crippen LogP contribution in [-0.4, -0.2) is 54.2 Å². The summed E-state index contributed by atoms with van der Waals surface area (Å²) in [6.07, 6.45) is -0.306. The Balaban J connectivity index is 1.30. The summed E-state index contributed by atoms with van der Waals surface area (Å²) in [5, 5.41) is 12.4. The van der Waals surface area contributed by atoms with Crippen molar-refractivity contribution in [1.82, 2.24) is 10.2 Å². The second kappa shape index (κ2) is 9.36. The maximum absolute atomic E-state index is 12.9. The van der Waals surface area contributed by atoms with Crippen LogP contribution in [0.4, 0.5) is 4.79 Å². The summed E-state index contributed by atoms with van der Waals surface area (Å²) in [6.45, 7) is 8.51. The number of rotatable bonds is 7. The molecule has 2 atom stereocenters. The Labute approximate surface area is 206 Å². The average Bonchev–Trinajstić information content (AvgIpc) is 3.31. The first-order chi connectivity index (χ1) is 16.5. The van der Waals surface area contributed by atoms with Crippen LogP contribution in [0, 0.1) is 16.7 Å². The molecule has 0 bridgehead atoms. The van der Waals surface area contributed by atoms with E-state index in [2.05, 4.69) is 29.6 Å². The van der Waals surface area contributed by atoms with Gasteiger partial charge < -0.3 is 20.1 Å². The zero-order valence-electron chi connectivity index (χ0n) is 20.8. The van der Waals surface area contributed by atoms with E-state index in [1.807, 2.05) is 45.0 Å². The summed E-state index contributed by atoms with van der Waals surface area (Å²) in [4.78, 5) is 38.7. The van der Waals surface area contributed by atoms with Gasteiger partial charge in [0.2, 0.25) is 5.91 Å². The second-order valence-corrected chi connectivity index (χ2v) is 10.9. The Kier molecular flexibility index (Phi) is 6.62. The monoisotopic (exact) mass is 478 g/mol. The number of aliphatic carboxylic acids is 1. The maximum Gasteiger partial charge on any atom is 0.407 e. The van der Waals surface area contributed by atoms with Crippen LogP contribution in [0.3, 0.4) is 0 Å². The van der Waals surface area contributed by atoms with Gasteiger partial charge in [-0.3, -0.25) is 9.59 Å². The highest BCUT2D eigenvalue weighted by Crippen LogP contribution is 2.44. The van der Waals surface area contributed by atoms with Crippen molar-refractivity contribution in [2.24, 2.45) is 16.7 Å². The molecule has 0 unspecified atom stereocenters. The van der Waals surface area contributed by atoms with Gasteiger partial charge in [0, 0.05) is 32.0 Å². The number of likely N-dealkylation sites (tertiary alicyclic amines) is 1. The van der Waals surface area contributed by atoms with E-state index in [0.717, 1.165) is 11.1 Å². The Morgan fingerprint density at radius 3 is 2.20 bits per heavy atom. The SMILES string of the molecule is C[C@@H]1CN(C(=O)CC(C)(C)CNC(=O)OCC2c3ccccc3-c3ccccc32)C[C@@]1(C)C(=O)O. The molecule has 2 amide bonds. The van der Waals surface area contributed by atoms with Gasteiger partial charge in [0.05, 0.1) is 5.41 Å². The Hall–Kier alpha value is -3.35. The number of nitrogens with zero attached hydrogens (tertiary/aromatic N) is 1. The third-order valence-electron chi connectivity index (χ3n) is 7.63. The van der Waals surface area contributed by atoms with Gasteiger partial charge in [-0.15, -0.1) is 0 Å². The Bertz CT molecular complexity index is 1100. The number of amides is 2.